The molecule has 2 N–H and O–H groups in total. The van der Waals surface area contributed by atoms with Crippen LogP contribution in [0.5, 0.6) is 0 Å². The van der Waals surface area contributed by atoms with Crippen molar-refractivity contribution in [2.75, 3.05) is 26.4 Å². The molecule has 0 saturated heterocycles. The van der Waals surface area contributed by atoms with Crippen LogP contribution in [0.3, 0.4) is 0 Å². The number of unbranched alkanes of at least 4 members (excludes halogenated alkanes) is 10. The minimum atomic E-state index is -4.55. The topological polar surface area (TPSA) is 85.2 Å². The minimum Gasteiger partial charge on any atom is -0.379 e. The molecular weight excluding hydrogens is 643 g/mol. The van der Waals surface area contributed by atoms with Crippen molar-refractivity contribution >= 4 is 7.82 Å². The molecule has 0 radical (unpaired) electrons. The molecule has 0 aromatic heterocycles. The van der Waals surface area contributed by atoms with Gasteiger partial charge in [-0.15, -0.1) is 0 Å². The van der Waals surface area contributed by atoms with Gasteiger partial charge in [0.25, 0.3) is 0 Å². The molecule has 0 unspecified atom stereocenters. The van der Waals surface area contributed by atoms with Gasteiger partial charge in [-0.1, -0.05) is 137 Å². The van der Waals surface area contributed by atoms with Crippen molar-refractivity contribution < 1.29 is 28.3 Å². The predicted molar refractivity (Wildman–Crippen MR) is 215 cm³/mol. The fraction of sp³-hybridized carbons (Fsp3) is 0.628. The largest absolute Gasteiger partial charge is 0.469 e. The molecule has 50 heavy (non-hydrogen) atoms. The number of hydrogen-bond donors (Lipinski definition) is 2. The first-order valence-electron chi connectivity index (χ1n) is 19.6. The zero-order chi connectivity index (χ0) is 36.5. The molecule has 1 atom stereocenters. The SMILES string of the molecule is CCCCC/C=C\C/C=C\C/C=C\C/C=C\CCCCOC[C@H](COP(=O)(O)O)OCCCC/C=C\C/C=C\C/C=C\C/C=C\CCCCC. The van der Waals surface area contributed by atoms with E-state index in [2.05, 4.69) is 111 Å². The quantitative estimate of drug-likeness (QED) is 0.0381. The van der Waals surface area contributed by atoms with Gasteiger partial charge in [0, 0.05) is 13.2 Å². The Morgan fingerprint density at radius 3 is 1.16 bits per heavy atom. The maximum Gasteiger partial charge on any atom is 0.469 e. The second-order valence-corrected chi connectivity index (χ2v) is 13.8. The third-order valence-corrected chi connectivity index (χ3v) is 8.16. The van der Waals surface area contributed by atoms with Crippen LogP contribution in [0.25, 0.3) is 0 Å². The lowest BCUT2D eigenvalue weighted by Gasteiger charge is -2.18. The van der Waals surface area contributed by atoms with E-state index in [0.29, 0.717) is 13.2 Å². The maximum atomic E-state index is 11.2. The summed E-state index contributed by atoms with van der Waals surface area (Å²) in [6, 6.07) is 0. The minimum absolute atomic E-state index is 0.191. The Kier molecular flexibility index (Phi) is 38.1. The summed E-state index contributed by atoms with van der Waals surface area (Å²) >= 11 is 0. The van der Waals surface area contributed by atoms with E-state index in [1.807, 2.05) is 0 Å². The van der Waals surface area contributed by atoms with Crippen LogP contribution in [0, 0.1) is 0 Å². The normalized spacial score (nSPS) is 13.9. The van der Waals surface area contributed by atoms with Crippen LogP contribution in [0.4, 0.5) is 0 Å². The smallest absolute Gasteiger partial charge is 0.379 e. The highest BCUT2D eigenvalue weighted by Gasteiger charge is 2.19. The number of phosphoric acid groups is 1. The van der Waals surface area contributed by atoms with E-state index in [1.54, 1.807) is 0 Å². The number of allylic oxidation sites excluding steroid dienone is 16. The van der Waals surface area contributed by atoms with Crippen molar-refractivity contribution in [3.05, 3.63) is 97.2 Å². The lowest BCUT2D eigenvalue weighted by molar-refractivity contribution is -0.0427. The molecule has 0 saturated carbocycles. The number of rotatable bonds is 36. The molecule has 0 heterocycles. The van der Waals surface area contributed by atoms with Gasteiger partial charge >= 0.3 is 7.82 Å². The molecule has 286 valence electrons. The zero-order valence-electron chi connectivity index (χ0n) is 31.8. The summed E-state index contributed by atoms with van der Waals surface area (Å²) in [6.45, 7) is 5.61. The van der Waals surface area contributed by atoms with Gasteiger partial charge in [0.1, 0.15) is 6.10 Å². The van der Waals surface area contributed by atoms with E-state index < -0.39 is 13.9 Å². The maximum absolute atomic E-state index is 11.2. The number of phosphoric ester groups is 1. The second kappa shape index (κ2) is 39.7. The van der Waals surface area contributed by atoms with Crippen molar-refractivity contribution in [1.29, 1.82) is 0 Å². The first-order chi connectivity index (χ1) is 24.5. The summed E-state index contributed by atoms with van der Waals surface area (Å²) in [5.74, 6) is 0. The Bertz CT molecular complexity index is 1000. The van der Waals surface area contributed by atoms with Crippen LogP contribution in [-0.2, 0) is 18.6 Å². The van der Waals surface area contributed by atoms with E-state index in [1.165, 1.54) is 51.4 Å². The summed E-state index contributed by atoms with van der Waals surface area (Å²) in [5.41, 5.74) is 0. The van der Waals surface area contributed by atoms with Crippen molar-refractivity contribution in [1.82, 2.24) is 0 Å². The third kappa shape index (κ3) is 42.1. The Balaban J connectivity index is 3.92. The molecule has 0 bridgehead atoms. The van der Waals surface area contributed by atoms with Crippen molar-refractivity contribution in [2.24, 2.45) is 0 Å². The fourth-order valence-corrected chi connectivity index (χ4v) is 5.10. The molecule has 0 fully saturated rings. The Labute approximate surface area is 307 Å². The third-order valence-electron chi connectivity index (χ3n) is 7.68. The van der Waals surface area contributed by atoms with Gasteiger partial charge in [-0.05, 0) is 103 Å². The average molecular weight is 717 g/mol. The van der Waals surface area contributed by atoms with Gasteiger partial charge in [-0.2, -0.15) is 0 Å². The van der Waals surface area contributed by atoms with Gasteiger partial charge in [-0.25, -0.2) is 4.57 Å². The van der Waals surface area contributed by atoms with Gasteiger partial charge in [0.15, 0.2) is 0 Å². The monoisotopic (exact) mass is 717 g/mol. The highest BCUT2D eigenvalue weighted by Crippen LogP contribution is 2.35. The van der Waals surface area contributed by atoms with Gasteiger partial charge in [0.2, 0.25) is 0 Å². The lowest BCUT2D eigenvalue weighted by Crippen LogP contribution is -2.26. The van der Waals surface area contributed by atoms with Crippen molar-refractivity contribution in [3.63, 3.8) is 0 Å². The van der Waals surface area contributed by atoms with E-state index in [-0.39, 0.29) is 13.2 Å². The van der Waals surface area contributed by atoms with E-state index in [4.69, 9.17) is 23.8 Å². The molecule has 0 rings (SSSR count). The van der Waals surface area contributed by atoms with Crippen LogP contribution in [0.2, 0.25) is 0 Å². The molecule has 0 aliphatic carbocycles. The molecule has 0 aromatic carbocycles. The van der Waals surface area contributed by atoms with Crippen LogP contribution in [-0.4, -0.2) is 42.3 Å². The van der Waals surface area contributed by atoms with Gasteiger partial charge in [-0.3, -0.25) is 4.52 Å². The summed E-state index contributed by atoms with van der Waals surface area (Å²) in [4.78, 5) is 18.2. The Morgan fingerprint density at radius 1 is 0.460 bits per heavy atom. The van der Waals surface area contributed by atoms with Crippen LogP contribution >= 0.6 is 7.82 Å². The first-order valence-corrected chi connectivity index (χ1v) is 21.1. The summed E-state index contributed by atoms with van der Waals surface area (Å²) < 4.78 is 27.5. The summed E-state index contributed by atoms with van der Waals surface area (Å²) in [7, 11) is -4.55. The Hall–Kier alpha value is -2.05. The standard InChI is InChI=1S/C43H73O6P/c1-3-5-7-9-11-13-15-17-19-21-23-25-27-29-31-33-35-37-39-47-41-43(42-49-50(44,45)46)48-40-38-36-34-32-30-28-26-24-22-20-18-16-14-12-10-8-6-4-2/h11-14,17-20,23-26,29-32,43H,3-10,15-16,21-22,27-28,33-42H2,1-2H3,(H2,44,45,46)/b13-11-,14-12-,19-17-,20-18-,25-23-,26-24-,31-29-,32-30-/t43-/m1/s1. The summed E-state index contributed by atoms with van der Waals surface area (Å²) in [6.07, 6.45) is 56.9. The average Bonchev–Trinajstić information content (AvgIpc) is 3.10. The molecule has 0 aliphatic rings. The van der Waals surface area contributed by atoms with Gasteiger partial charge < -0.3 is 19.3 Å². The predicted octanol–water partition coefficient (Wildman–Crippen LogP) is 12.8. The molecular formula is C43H73O6P. The molecule has 7 heteroatoms. The molecule has 0 amide bonds. The van der Waals surface area contributed by atoms with Crippen molar-refractivity contribution in [2.45, 2.75) is 148 Å². The molecule has 0 aromatic rings. The van der Waals surface area contributed by atoms with Crippen LogP contribution < -0.4 is 0 Å². The van der Waals surface area contributed by atoms with E-state index in [0.717, 1.165) is 77.0 Å². The number of hydrogen-bond acceptors (Lipinski definition) is 4. The first kappa shape index (κ1) is 48.0. The molecule has 0 aliphatic heterocycles. The van der Waals surface area contributed by atoms with E-state index in [9.17, 15) is 4.57 Å². The summed E-state index contributed by atoms with van der Waals surface area (Å²) in [5, 5.41) is 0. The van der Waals surface area contributed by atoms with Gasteiger partial charge in [0.05, 0.1) is 13.2 Å². The highest BCUT2D eigenvalue weighted by molar-refractivity contribution is 7.46. The number of ether oxygens (including phenoxy) is 2. The van der Waals surface area contributed by atoms with Crippen LogP contribution in [0.15, 0.2) is 97.2 Å². The van der Waals surface area contributed by atoms with Crippen molar-refractivity contribution in [3.8, 4) is 0 Å². The van der Waals surface area contributed by atoms with E-state index >= 15 is 0 Å². The lowest BCUT2D eigenvalue weighted by atomic mass is 10.2. The molecule has 0 spiro atoms. The highest BCUT2D eigenvalue weighted by atomic mass is 31.2. The Morgan fingerprint density at radius 2 is 0.800 bits per heavy atom. The fourth-order valence-electron chi connectivity index (χ4n) is 4.74. The van der Waals surface area contributed by atoms with Crippen LogP contribution in [0.1, 0.15) is 142 Å². The molecule has 6 nitrogen and oxygen atoms in total. The zero-order valence-corrected chi connectivity index (χ0v) is 32.7. The second-order valence-electron chi connectivity index (χ2n) is 12.5.